The summed E-state index contributed by atoms with van der Waals surface area (Å²) < 4.78 is 15.2. The standard InChI is InChI=1S/C12H17BrO5/c1-4-16-9(14)6-8-10(12(15)17-5-2)11(13)7(3)18-8/h3,7-8,10-11H,4-6H2,1-2H3/t7-,8+,10-,11?/m0/s1. The van der Waals surface area contributed by atoms with Crippen molar-refractivity contribution in [3.05, 3.63) is 6.92 Å². The predicted molar refractivity (Wildman–Crippen MR) is 67.0 cm³/mol. The van der Waals surface area contributed by atoms with Crippen molar-refractivity contribution < 1.29 is 23.8 Å². The van der Waals surface area contributed by atoms with E-state index < -0.39 is 30.1 Å². The van der Waals surface area contributed by atoms with Crippen molar-refractivity contribution in [1.29, 1.82) is 0 Å². The quantitative estimate of drug-likeness (QED) is 0.565. The number of hydrogen-bond donors (Lipinski definition) is 0. The largest absolute Gasteiger partial charge is 0.466 e. The van der Waals surface area contributed by atoms with E-state index in [4.69, 9.17) is 21.1 Å². The fourth-order valence-corrected chi connectivity index (χ4v) is 2.53. The van der Waals surface area contributed by atoms with Gasteiger partial charge < -0.3 is 14.2 Å². The van der Waals surface area contributed by atoms with Crippen LogP contribution in [0.1, 0.15) is 20.3 Å². The molecule has 0 aromatic rings. The molecule has 102 valence electrons. The van der Waals surface area contributed by atoms with Crippen LogP contribution in [0.2, 0.25) is 0 Å². The molecule has 1 unspecified atom stereocenters. The molecule has 0 spiro atoms. The molecule has 1 heterocycles. The van der Waals surface area contributed by atoms with E-state index >= 15 is 0 Å². The van der Waals surface area contributed by atoms with Crippen molar-refractivity contribution >= 4 is 27.9 Å². The molecule has 0 aromatic carbocycles. The van der Waals surface area contributed by atoms with E-state index in [1.807, 2.05) is 0 Å². The minimum Gasteiger partial charge on any atom is -0.466 e. The summed E-state index contributed by atoms with van der Waals surface area (Å²) in [6.07, 6.45) is -1.26. The third-order valence-corrected chi connectivity index (χ3v) is 3.71. The van der Waals surface area contributed by atoms with Crippen LogP contribution in [0.15, 0.2) is 0 Å². The number of esters is 2. The lowest BCUT2D eigenvalue weighted by Crippen LogP contribution is -2.33. The maximum atomic E-state index is 11.8. The van der Waals surface area contributed by atoms with Gasteiger partial charge >= 0.3 is 11.9 Å². The Hall–Kier alpha value is -0.620. The summed E-state index contributed by atoms with van der Waals surface area (Å²) in [5, 5.41) is 0. The molecule has 0 aliphatic carbocycles. The number of rotatable bonds is 5. The maximum absolute atomic E-state index is 11.8. The van der Waals surface area contributed by atoms with Crippen molar-refractivity contribution in [3.63, 3.8) is 0 Å². The lowest BCUT2D eigenvalue weighted by molar-refractivity contribution is -0.152. The highest BCUT2D eigenvalue weighted by molar-refractivity contribution is 9.09. The van der Waals surface area contributed by atoms with Crippen molar-refractivity contribution in [1.82, 2.24) is 0 Å². The van der Waals surface area contributed by atoms with Gasteiger partial charge in [0.25, 0.3) is 0 Å². The van der Waals surface area contributed by atoms with Crippen molar-refractivity contribution in [2.75, 3.05) is 13.2 Å². The molecule has 0 amide bonds. The summed E-state index contributed by atoms with van der Waals surface area (Å²) in [6.45, 7) is 9.72. The summed E-state index contributed by atoms with van der Waals surface area (Å²) >= 11 is 3.31. The molecule has 4 atom stereocenters. The molecule has 6 heteroatoms. The molecule has 18 heavy (non-hydrogen) atoms. The van der Waals surface area contributed by atoms with Gasteiger partial charge in [-0.3, -0.25) is 9.59 Å². The zero-order chi connectivity index (χ0) is 13.7. The van der Waals surface area contributed by atoms with E-state index in [2.05, 4.69) is 15.9 Å². The number of halogens is 1. The average Bonchev–Trinajstić information content (AvgIpc) is 2.55. The van der Waals surface area contributed by atoms with Gasteiger partial charge in [-0.25, -0.2) is 0 Å². The monoisotopic (exact) mass is 320 g/mol. The van der Waals surface area contributed by atoms with Gasteiger partial charge in [0.2, 0.25) is 0 Å². The molecule has 0 aromatic heterocycles. The Morgan fingerprint density at radius 1 is 1.28 bits per heavy atom. The second kappa shape index (κ2) is 7.09. The van der Waals surface area contributed by atoms with Crippen LogP contribution in [0.5, 0.6) is 0 Å². The van der Waals surface area contributed by atoms with Crippen LogP contribution >= 0.6 is 15.9 Å². The normalized spacial score (nSPS) is 31.1. The molecule has 1 aliphatic rings. The molecular formula is C12H17BrO5. The van der Waals surface area contributed by atoms with Gasteiger partial charge in [-0.15, -0.1) is 0 Å². The highest BCUT2D eigenvalue weighted by atomic mass is 79.9. The summed E-state index contributed by atoms with van der Waals surface area (Å²) in [4.78, 5) is 22.9. The first-order valence-electron chi connectivity index (χ1n) is 5.88. The molecule has 0 N–H and O–H groups in total. The zero-order valence-corrected chi connectivity index (χ0v) is 12.0. The van der Waals surface area contributed by atoms with Crippen molar-refractivity contribution in [3.8, 4) is 0 Å². The second-order valence-corrected chi connectivity index (χ2v) is 4.93. The number of ether oxygens (including phenoxy) is 3. The Labute approximate surface area is 115 Å². The fourth-order valence-electron chi connectivity index (χ4n) is 1.85. The van der Waals surface area contributed by atoms with E-state index in [1.54, 1.807) is 13.8 Å². The molecule has 0 saturated carbocycles. The SMILES string of the molecule is [CH][C@@H]1O[C@H](CC(=O)OCC)[C@H](C(=O)OCC)C1Br. The molecule has 0 bridgehead atoms. The van der Waals surface area contributed by atoms with E-state index in [1.165, 1.54) is 0 Å². The van der Waals surface area contributed by atoms with Crippen LogP contribution in [0.4, 0.5) is 0 Å². The topological polar surface area (TPSA) is 61.8 Å². The lowest BCUT2D eigenvalue weighted by atomic mass is 9.97. The van der Waals surface area contributed by atoms with Crippen LogP contribution in [-0.4, -0.2) is 42.2 Å². The minimum atomic E-state index is -0.640. The van der Waals surface area contributed by atoms with E-state index in [9.17, 15) is 9.59 Å². The maximum Gasteiger partial charge on any atom is 0.312 e. The number of carbonyl (C=O) groups is 2. The molecule has 2 radical (unpaired) electrons. The van der Waals surface area contributed by atoms with Crippen molar-refractivity contribution in [2.45, 2.75) is 37.3 Å². The summed E-state index contributed by atoms with van der Waals surface area (Å²) in [7, 11) is 0. The van der Waals surface area contributed by atoms with Crippen LogP contribution in [-0.2, 0) is 23.8 Å². The Morgan fingerprint density at radius 2 is 1.89 bits per heavy atom. The Kier molecular flexibility index (Phi) is 6.08. The first-order valence-corrected chi connectivity index (χ1v) is 6.80. The van der Waals surface area contributed by atoms with Gasteiger partial charge in [0.1, 0.15) is 0 Å². The Bertz CT molecular complexity index is 307. The van der Waals surface area contributed by atoms with Crippen LogP contribution in [0.3, 0.4) is 0 Å². The highest BCUT2D eigenvalue weighted by Gasteiger charge is 2.47. The third-order valence-electron chi connectivity index (χ3n) is 2.62. The van der Waals surface area contributed by atoms with Gasteiger partial charge in [-0.2, -0.15) is 0 Å². The van der Waals surface area contributed by atoms with Crippen LogP contribution in [0, 0.1) is 12.8 Å². The second-order valence-electron chi connectivity index (χ2n) is 3.87. The predicted octanol–water partition coefficient (Wildman–Crippen LogP) is 1.36. The fraction of sp³-hybridized carbons (Fsp3) is 0.750. The number of hydrogen-bond acceptors (Lipinski definition) is 5. The third kappa shape index (κ3) is 3.68. The van der Waals surface area contributed by atoms with E-state index in [0.717, 1.165) is 0 Å². The van der Waals surface area contributed by atoms with Gasteiger partial charge in [0.05, 0.1) is 42.6 Å². The number of carbonyl (C=O) groups excluding carboxylic acids is 2. The summed E-state index contributed by atoms with van der Waals surface area (Å²) in [6, 6.07) is 0. The van der Waals surface area contributed by atoms with Crippen LogP contribution < -0.4 is 0 Å². The van der Waals surface area contributed by atoms with Crippen molar-refractivity contribution in [2.24, 2.45) is 5.92 Å². The van der Waals surface area contributed by atoms with Gasteiger partial charge in [0, 0.05) is 0 Å². The summed E-state index contributed by atoms with van der Waals surface area (Å²) in [5.41, 5.74) is 0. The molecule has 1 saturated heterocycles. The first kappa shape index (κ1) is 15.4. The smallest absolute Gasteiger partial charge is 0.312 e. The van der Waals surface area contributed by atoms with Crippen LogP contribution in [0.25, 0.3) is 0 Å². The molecule has 5 nitrogen and oxygen atoms in total. The Morgan fingerprint density at radius 3 is 2.44 bits per heavy atom. The lowest BCUT2D eigenvalue weighted by Gasteiger charge is -2.17. The molecular weight excluding hydrogens is 304 g/mol. The van der Waals surface area contributed by atoms with Gasteiger partial charge in [-0.05, 0) is 20.8 Å². The molecule has 1 rings (SSSR count). The molecule has 1 fully saturated rings. The van der Waals surface area contributed by atoms with E-state index in [-0.39, 0.29) is 17.9 Å². The van der Waals surface area contributed by atoms with E-state index in [0.29, 0.717) is 6.61 Å². The number of alkyl halides is 1. The Balaban J connectivity index is 2.69. The first-order chi connectivity index (χ1) is 8.51. The summed E-state index contributed by atoms with van der Waals surface area (Å²) in [5.74, 6) is -1.42. The highest BCUT2D eigenvalue weighted by Crippen LogP contribution is 2.35. The van der Waals surface area contributed by atoms with Gasteiger partial charge in [-0.1, -0.05) is 15.9 Å². The molecule has 1 aliphatic heterocycles. The minimum absolute atomic E-state index is 0.00682. The zero-order valence-electron chi connectivity index (χ0n) is 10.4. The average molecular weight is 321 g/mol. The van der Waals surface area contributed by atoms with Gasteiger partial charge in [0.15, 0.2) is 0 Å².